The number of hydrogen-bond acceptors (Lipinski definition) is 7. The van der Waals surface area contributed by atoms with Gasteiger partial charge in [-0.2, -0.15) is 0 Å². The van der Waals surface area contributed by atoms with Crippen molar-refractivity contribution in [1.82, 2.24) is 15.3 Å². The number of nitrogens with one attached hydrogen (secondary N) is 1. The minimum atomic E-state index is -3.33. The summed E-state index contributed by atoms with van der Waals surface area (Å²) in [7, 11) is -3.33. The second kappa shape index (κ2) is 10.4. The van der Waals surface area contributed by atoms with Crippen LogP contribution in [0.4, 0.5) is 8.78 Å². The van der Waals surface area contributed by atoms with Crippen LogP contribution in [-0.4, -0.2) is 74.1 Å². The third kappa shape index (κ3) is 5.68. The highest BCUT2D eigenvalue weighted by Crippen LogP contribution is 2.39. The second-order valence-corrected chi connectivity index (χ2v) is 12.9. The molecule has 11 heteroatoms. The van der Waals surface area contributed by atoms with Gasteiger partial charge in [-0.1, -0.05) is 23.9 Å². The number of hydrogen-bond donors (Lipinski definition) is 1. The number of carbonyl (C=O) groups excluding carboxylic acids is 1. The molecule has 1 saturated heterocycles. The third-order valence-corrected chi connectivity index (χ3v) is 10.4. The van der Waals surface area contributed by atoms with Gasteiger partial charge in [0.05, 0.1) is 40.2 Å². The van der Waals surface area contributed by atoms with Crippen LogP contribution in [0.5, 0.6) is 0 Å². The molecule has 3 fully saturated rings. The molecule has 0 aromatic heterocycles. The van der Waals surface area contributed by atoms with Gasteiger partial charge in [0.1, 0.15) is 12.3 Å². The van der Waals surface area contributed by atoms with E-state index in [2.05, 4.69) is 15.3 Å². The first-order valence-corrected chi connectivity index (χ1v) is 14.7. The van der Waals surface area contributed by atoms with Gasteiger partial charge in [0.2, 0.25) is 5.91 Å². The molecule has 3 atom stereocenters. The number of halogens is 2. The molecule has 1 N–H and O–H groups in total. The quantitative estimate of drug-likeness (QED) is 0.556. The molecule has 2 aliphatic carbocycles. The summed E-state index contributed by atoms with van der Waals surface area (Å²) in [4.78, 5) is 13.7. The Bertz CT molecular complexity index is 1050. The summed E-state index contributed by atoms with van der Waals surface area (Å²) in [6.45, 7) is 2.90. The number of ether oxygens (including phenoxy) is 1. The van der Waals surface area contributed by atoms with Crippen LogP contribution in [0.1, 0.15) is 43.6 Å². The highest BCUT2D eigenvalue weighted by molar-refractivity contribution is 8.03. The zero-order chi connectivity index (χ0) is 24.6. The van der Waals surface area contributed by atoms with Crippen molar-refractivity contribution in [3.63, 3.8) is 0 Å². The molecule has 2 heterocycles. The van der Waals surface area contributed by atoms with Crippen LogP contribution in [0, 0.1) is 5.92 Å². The Hall–Kier alpha value is -1.69. The molecule has 35 heavy (non-hydrogen) atoms. The number of sulfone groups is 1. The van der Waals surface area contributed by atoms with Gasteiger partial charge in [0.15, 0.2) is 9.84 Å². The van der Waals surface area contributed by atoms with Crippen molar-refractivity contribution in [1.29, 1.82) is 0 Å². The van der Waals surface area contributed by atoms with Gasteiger partial charge >= 0.3 is 0 Å². The standard InChI is InChI=1S/C24H31F2N3O4S2/c25-21-12-16(13-22(21)26)11-20(17-1-3-18(4-2-17)35(31,32)19-5-6-19)24(30)27-23-14-29(15-34-23)28-7-9-33-10-8-28/h1-4,14,16,19-22H,5-13,15H2,(H,27,30)/t16?,20-,21?,22?/m1/s1. The van der Waals surface area contributed by atoms with Crippen molar-refractivity contribution in [2.24, 2.45) is 5.92 Å². The maximum atomic E-state index is 13.9. The largest absolute Gasteiger partial charge is 0.379 e. The molecule has 4 aliphatic rings. The number of benzene rings is 1. The summed E-state index contributed by atoms with van der Waals surface area (Å²) in [5, 5.41) is 7.64. The lowest BCUT2D eigenvalue weighted by atomic mass is 9.87. The van der Waals surface area contributed by atoms with E-state index in [1.807, 2.05) is 6.20 Å². The lowest BCUT2D eigenvalue weighted by Gasteiger charge is -2.33. The molecule has 5 rings (SSSR count). The Morgan fingerprint density at radius 2 is 1.77 bits per heavy atom. The van der Waals surface area contributed by atoms with Gasteiger partial charge in [-0.15, -0.1) is 0 Å². The van der Waals surface area contributed by atoms with E-state index in [1.165, 1.54) is 11.8 Å². The smallest absolute Gasteiger partial charge is 0.232 e. The van der Waals surface area contributed by atoms with E-state index >= 15 is 0 Å². The molecule has 2 unspecified atom stereocenters. The van der Waals surface area contributed by atoms with E-state index < -0.39 is 28.1 Å². The van der Waals surface area contributed by atoms with Gasteiger partial charge in [0.25, 0.3) is 0 Å². The van der Waals surface area contributed by atoms with Crippen LogP contribution in [0.25, 0.3) is 0 Å². The summed E-state index contributed by atoms with van der Waals surface area (Å²) < 4.78 is 58.2. The SMILES string of the molecule is O=C(NC1=CN(N2CCOCC2)CS1)[C@H](CC1CC(F)C(F)C1)c1ccc(S(=O)(=O)C2CC2)cc1. The molecule has 1 aromatic rings. The van der Waals surface area contributed by atoms with Crippen molar-refractivity contribution in [2.75, 3.05) is 32.2 Å². The minimum Gasteiger partial charge on any atom is -0.379 e. The van der Waals surface area contributed by atoms with Gasteiger partial charge in [-0.25, -0.2) is 22.2 Å². The Morgan fingerprint density at radius 1 is 1.11 bits per heavy atom. The molecular formula is C24H31F2N3O4S2. The van der Waals surface area contributed by atoms with E-state index in [9.17, 15) is 22.0 Å². The summed E-state index contributed by atoms with van der Waals surface area (Å²) >= 11 is 1.52. The van der Waals surface area contributed by atoms with Gasteiger partial charge in [-0.3, -0.25) is 9.80 Å². The molecule has 7 nitrogen and oxygen atoms in total. The molecular weight excluding hydrogens is 496 g/mol. The summed E-state index contributed by atoms with van der Waals surface area (Å²) in [5.74, 6) is -0.443. The fraction of sp³-hybridized carbons (Fsp3) is 0.625. The number of amides is 1. The molecule has 192 valence electrons. The zero-order valence-corrected chi connectivity index (χ0v) is 21.1. The number of alkyl halides is 2. The Balaban J connectivity index is 1.31. The highest BCUT2D eigenvalue weighted by Gasteiger charge is 2.39. The molecule has 1 amide bonds. The van der Waals surface area contributed by atoms with E-state index in [0.29, 0.717) is 43.9 Å². The van der Waals surface area contributed by atoms with Crippen LogP contribution in [0.2, 0.25) is 0 Å². The predicted molar refractivity (Wildman–Crippen MR) is 129 cm³/mol. The number of morpholine rings is 1. The molecule has 2 saturated carbocycles. The first kappa shape index (κ1) is 25.0. The van der Waals surface area contributed by atoms with Crippen LogP contribution in [0.15, 0.2) is 40.4 Å². The monoisotopic (exact) mass is 527 g/mol. The second-order valence-electron chi connectivity index (χ2n) is 9.73. The Morgan fingerprint density at radius 3 is 2.40 bits per heavy atom. The van der Waals surface area contributed by atoms with Crippen LogP contribution in [0.3, 0.4) is 0 Å². The topological polar surface area (TPSA) is 79.0 Å². The van der Waals surface area contributed by atoms with Crippen LogP contribution < -0.4 is 5.32 Å². The fourth-order valence-corrected chi connectivity index (χ4v) is 7.54. The van der Waals surface area contributed by atoms with Crippen molar-refractivity contribution < 1.29 is 26.7 Å². The number of carbonyl (C=O) groups is 1. The van der Waals surface area contributed by atoms with Crippen molar-refractivity contribution in [3.05, 3.63) is 41.1 Å². The van der Waals surface area contributed by atoms with Crippen molar-refractivity contribution in [2.45, 2.75) is 60.5 Å². The maximum absolute atomic E-state index is 13.9. The Kier molecular flexibility index (Phi) is 7.39. The summed E-state index contributed by atoms with van der Waals surface area (Å²) in [6, 6.07) is 6.45. The number of thioether (sulfide) groups is 1. The number of rotatable bonds is 8. The van der Waals surface area contributed by atoms with Crippen LogP contribution >= 0.6 is 11.8 Å². The molecule has 2 aliphatic heterocycles. The minimum absolute atomic E-state index is 0.0986. The molecule has 0 radical (unpaired) electrons. The third-order valence-electron chi connectivity index (χ3n) is 7.18. The fourth-order valence-electron chi connectivity index (χ4n) is 5.01. The average Bonchev–Trinajstić information content (AvgIpc) is 3.55. The predicted octanol–water partition coefficient (Wildman–Crippen LogP) is 3.35. The molecule has 0 spiro atoms. The summed E-state index contributed by atoms with van der Waals surface area (Å²) in [5.41, 5.74) is 0.656. The van der Waals surface area contributed by atoms with Crippen molar-refractivity contribution in [3.8, 4) is 0 Å². The number of nitrogens with zero attached hydrogens (tertiary/aromatic N) is 2. The van der Waals surface area contributed by atoms with E-state index in [4.69, 9.17) is 4.74 Å². The lowest BCUT2D eigenvalue weighted by molar-refractivity contribution is -0.122. The molecule has 0 bridgehead atoms. The normalized spacial score (nSPS) is 28.7. The number of hydrazine groups is 1. The van der Waals surface area contributed by atoms with Gasteiger partial charge < -0.3 is 10.1 Å². The van der Waals surface area contributed by atoms with E-state index in [0.717, 1.165) is 18.1 Å². The lowest BCUT2D eigenvalue weighted by Crippen LogP contribution is -2.45. The van der Waals surface area contributed by atoms with Gasteiger partial charge in [0, 0.05) is 19.3 Å². The van der Waals surface area contributed by atoms with Crippen LogP contribution in [-0.2, 0) is 19.4 Å². The van der Waals surface area contributed by atoms with E-state index in [-0.39, 0.29) is 34.8 Å². The average molecular weight is 528 g/mol. The first-order valence-electron chi connectivity index (χ1n) is 12.2. The molecule has 1 aromatic carbocycles. The van der Waals surface area contributed by atoms with E-state index in [1.54, 1.807) is 24.3 Å². The van der Waals surface area contributed by atoms with Crippen molar-refractivity contribution >= 4 is 27.5 Å². The van der Waals surface area contributed by atoms with Gasteiger partial charge in [-0.05, 0) is 55.7 Å². The summed E-state index contributed by atoms with van der Waals surface area (Å²) in [6.07, 6.45) is 0.783. The first-order chi connectivity index (χ1) is 16.8. The maximum Gasteiger partial charge on any atom is 0.232 e. The highest BCUT2D eigenvalue weighted by atomic mass is 32.2. The zero-order valence-electron chi connectivity index (χ0n) is 19.4. The Labute approximate surface area is 209 Å².